The van der Waals surface area contributed by atoms with Gasteiger partial charge >= 0.3 is 12.1 Å². The monoisotopic (exact) mass is 480 g/mol. The highest BCUT2D eigenvalue weighted by atomic mass is 79.9. The summed E-state index contributed by atoms with van der Waals surface area (Å²) in [5.41, 5.74) is 2.21. The Kier molecular flexibility index (Phi) is 7.76. The summed E-state index contributed by atoms with van der Waals surface area (Å²) in [5, 5.41) is 14.6. The van der Waals surface area contributed by atoms with Crippen molar-refractivity contribution >= 4 is 40.1 Å². The van der Waals surface area contributed by atoms with Crippen molar-refractivity contribution < 1.29 is 23.9 Å². The molecule has 0 saturated heterocycles. The molecule has 2 rings (SSSR count). The van der Waals surface area contributed by atoms with E-state index in [1.807, 2.05) is 0 Å². The molecule has 0 radical (unpaired) electrons. The maximum Gasteiger partial charge on any atom is 0.343 e. The summed E-state index contributed by atoms with van der Waals surface area (Å²) in [5.74, 6) is -0.516. The number of amides is 5. The molecule has 30 heavy (non-hydrogen) atoms. The number of anilines is 1. The average Bonchev–Trinajstić information content (AvgIpc) is 2.67. The molecule has 0 aliphatic rings. The van der Waals surface area contributed by atoms with E-state index in [2.05, 4.69) is 32.0 Å². The maximum atomic E-state index is 13.8. The van der Waals surface area contributed by atoms with Gasteiger partial charge < -0.3 is 15.7 Å². The number of nitrogens with one attached hydrogen (secondary N) is 3. The van der Waals surface area contributed by atoms with E-state index in [4.69, 9.17) is 0 Å². The molecule has 0 aromatic heterocycles. The Labute approximate surface area is 181 Å². The minimum atomic E-state index is -0.958. The number of aryl methyl sites for hydroxylation is 1. The molecule has 0 saturated carbocycles. The Morgan fingerprint density at radius 2 is 1.87 bits per heavy atom. The van der Waals surface area contributed by atoms with Crippen molar-refractivity contribution in [2.45, 2.75) is 32.2 Å². The number of benzene rings is 2. The Bertz CT molecular complexity index is 922. The van der Waals surface area contributed by atoms with Crippen molar-refractivity contribution in [3.63, 3.8) is 0 Å². The first kappa shape index (κ1) is 23.1. The fraction of sp³-hybridized carbons (Fsp3) is 0.250. The summed E-state index contributed by atoms with van der Waals surface area (Å²) in [6, 6.07) is 8.92. The third-order valence-corrected chi connectivity index (χ3v) is 4.64. The van der Waals surface area contributed by atoms with Gasteiger partial charge in [0.25, 0.3) is 0 Å². The van der Waals surface area contributed by atoms with Gasteiger partial charge in [-0.15, -0.1) is 0 Å². The number of urea groups is 2. The Morgan fingerprint density at radius 1 is 1.20 bits per heavy atom. The number of aromatic hydroxyl groups is 1. The molecule has 0 heterocycles. The number of rotatable bonds is 6. The quantitative estimate of drug-likeness (QED) is 0.371. The molecule has 2 aromatic rings. The predicted molar refractivity (Wildman–Crippen MR) is 113 cm³/mol. The first-order chi connectivity index (χ1) is 14.1. The lowest BCUT2D eigenvalue weighted by Crippen LogP contribution is -2.56. The summed E-state index contributed by atoms with van der Waals surface area (Å²) >= 11 is 3.10. The first-order valence-electron chi connectivity index (χ1n) is 8.97. The number of phenolic OH excluding ortho intramolecular Hbond substituents is 1. The van der Waals surface area contributed by atoms with Crippen LogP contribution in [0.5, 0.6) is 5.75 Å². The van der Waals surface area contributed by atoms with Gasteiger partial charge in [0, 0.05) is 10.0 Å². The Balaban J connectivity index is 1.91. The van der Waals surface area contributed by atoms with E-state index in [-0.39, 0.29) is 17.8 Å². The van der Waals surface area contributed by atoms with Crippen LogP contribution in [-0.4, -0.2) is 34.1 Å². The Morgan fingerprint density at radius 3 is 2.47 bits per heavy atom. The number of hydrogen-bond donors (Lipinski definition) is 4. The van der Waals surface area contributed by atoms with Crippen LogP contribution in [0.3, 0.4) is 0 Å². The highest BCUT2D eigenvalue weighted by Gasteiger charge is 2.25. The molecule has 0 aliphatic carbocycles. The SMILES string of the molecule is CC(C)(CCc1ccc(O)cc1)NC(=O)N(C=O)NC(=O)Nc1ccc(Br)cc1F. The summed E-state index contributed by atoms with van der Waals surface area (Å²) in [4.78, 5) is 35.7. The molecule has 0 fully saturated rings. The fourth-order valence-electron chi connectivity index (χ4n) is 2.51. The van der Waals surface area contributed by atoms with Crippen molar-refractivity contribution in [2.24, 2.45) is 0 Å². The molecule has 10 heteroatoms. The second kappa shape index (κ2) is 10.1. The number of hydrogen-bond acceptors (Lipinski definition) is 4. The highest BCUT2D eigenvalue weighted by molar-refractivity contribution is 9.10. The number of imide groups is 1. The lowest BCUT2D eigenvalue weighted by atomic mass is 9.95. The van der Waals surface area contributed by atoms with Gasteiger partial charge in [-0.3, -0.25) is 4.79 Å². The van der Waals surface area contributed by atoms with Gasteiger partial charge in [0.15, 0.2) is 0 Å². The number of nitrogens with zero attached hydrogens (tertiary/aromatic N) is 1. The Hall–Kier alpha value is -3.14. The second-order valence-corrected chi connectivity index (χ2v) is 8.06. The smallest absolute Gasteiger partial charge is 0.343 e. The first-order valence-corrected chi connectivity index (χ1v) is 9.76. The van der Waals surface area contributed by atoms with Crippen molar-refractivity contribution in [1.82, 2.24) is 15.8 Å². The third kappa shape index (κ3) is 7.03. The number of carbonyl (C=O) groups is 3. The van der Waals surface area contributed by atoms with Crippen LogP contribution in [-0.2, 0) is 11.2 Å². The zero-order valence-electron chi connectivity index (χ0n) is 16.4. The predicted octanol–water partition coefficient (Wildman–Crippen LogP) is 3.91. The topological polar surface area (TPSA) is 111 Å². The molecule has 0 atom stereocenters. The van der Waals surface area contributed by atoms with Gasteiger partial charge in [0.2, 0.25) is 6.41 Å². The third-order valence-electron chi connectivity index (χ3n) is 4.15. The lowest BCUT2D eigenvalue weighted by Gasteiger charge is -2.28. The molecule has 4 N–H and O–H groups in total. The molecule has 0 spiro atoms. The second-order valence-electron chi connectivity index (χ2n) is 7.15. The van der Waals surface area contributed by atoms with Crippen molar-refractivity contribution in [3.05, 3.63) is 58.3 Å². The van der Waals surface area contributed by atoms with Gasteiger partial charge in [0.1, 0.15) is 11.6 Å². The molecular weight excluding hydrogens is 459 g/mol. The van der Waals surface area contributed by atoms with Crippen LogP contribution in [0.25, 0.3) is 0 Å². The summed E-state index contributed by atoms with van der Waals surface area (Å²) in [6.45, 7) is 3.54. The highest BCUT2D eigenvalue weighted by Crippen LogP contribution is 2.19. The van der Waals surface area contributed by atoms with Crippen LogP contribution < -0.4 is 16.1 Å². The van der Waals surface area contributed by atoms with Crippen LogP contribution >= 0.6 is 15.9 Å². The van der Waals surface area contributed by atoms with Crippen LogP contribution in [0.15, 0.2) is 46.9 Å². The largest absolute Gasteiger partial charge is 0.508 e. The zero-order valence-corrected chi connectivity index (χ0v) is 18.0. The van der Waals surface area contributed by atoms with E-state index >= 15 is 0 Å². The van der Waals surface area contributed by atoms with Crippen LogP contribution in [0.2, 0.25) is 0 Å². The van der Waals surface area contributed by atoms with Crippen molar-refractivity contribution in [3.8, 4) is 5.75 Å². The van der Waals surface area contributed by atoms with Crippen LogP contribution in [0.1, 0.15) is 25.8 Å². The van der Waals surface area contributed by atoms with E-state index in [0.717, 1.165) is 11.6 Å². The van der Waals surface area contributed by atoms with Gasteiger partial charge in [-0.05, 0) is 62.6 Å². The van der Waals surface area contributed by atoms with E-state index in [9.17, 15) is 23.9 Å². The van der Waals surface area contributed by atoms with Crippen molar-refractivity contribution in [2.75, 3.05) is 5.32 Å². The summed E-state index contributed by atoms with van der Waals surface area (Å²) in [7, 11) is 0. The lowest BCUT2D eigenvalue weighted by molar-refractivity contribution is -0.117. The average molecular weight is 481 g/mol. The van der Waals surface area contributed by atoms with Crippen LogP contribution in [0.4, 0.5) is 19.7 Å². The molecule has 8 nitrogen and oxygen atoms in total. The number of halogens is 2. The fourth-order valence-corrected chi connectivity index (χ4v) is 2.84. The van der Waals surface area contributed by atoms with E-state index < -0.39 is 23.4 Å². The van der Waals surface area contributed by atoms with Gasteiger partial charge in [-0.1, -0.05) is 28.1 Å². The summed E-state index contributed by atoms with van der Waals surface area (Å²) in [6.07, 6.45) is 1.29. The number of hydrazine groups is 1. The minimum Gasteiger partial charge on any atom is -0.508 e. The van der Waals surface area contributed by atoms with Gasteiger partial charge in [0.05, 0.1) is 5.69 Å². The molecule has 2 aromatic carbocycles. The van der Waals surface area contributed by atoms with E-state index in [0.29, 0.717) is 22.3 Å². The number of carbonyl (C=O) groups excluding carboxylic acids is 3. The minimum absolute atomic E-state index is 0.115. The molecule has 0 aliphatic heterocycles. The van der Waals surface area contributed by atoms with Crippen LogP contribution in [0, 0.1) is 5.82 Å². The van der Waals surface area contributed by atoms with Gasteiger partial charge in [-0.25, -0.2) is 19.4 Å². The maximum absolute atomic E-state index is 13.8. The molecular formula is C20H22BrFN4O4. The normalized spacial score (nSPS) is 10.8. The standard InChI is InChI=1S/C20H22BrFN4O4/c1-20(2,10-9-13-3-6-15(28)7-4-13)24-19(30)26(12-27)25-18(29)23-17-8-5-14(21)11-16(17)22/h3-8,11-12,28H,9-10H2,1-2H3,(H,24,30)(H2,23,25,29). The summed E-state index contributed by atoms with van der Waals surface area (Å²) < 4.78 is 14.3. The van der Waals surface area contributed by atoms with E-state index in [1.54, 1.807) is 38.1 Å². The molecule has 0 bridgehead atoms. The van der Waals surface area contributed by atoms with Gasteiger partial charge in [-0.2, -0.15) is 5.01 Å². The molecule has 160 valence electrons. The molecule has 5 amide bonds. The van der Waals surface area contributed by atoms with Crippen molar-refractivity contribution in [1.29, 1.82) is 0 Å². The molecule has 0 unspecified atom stereocenters. The zero-order chi connectivity index (χ0) is 22.3. The van der Waals surface area contributed by atoms with E-state index in [1.165, 1.54) is 12.1 Å². The number of phenols is 1.